The van der Waals surface area contributed by atoms with Crippen molar-refractivity contribution in [2.75, 3.05) is 39.3 Å². The summed E-state index contributed by atoms with van der Waals surface area (Å²) in [5.41, 5.74) is 1.90. The van der Waals surface area contributed by atoms with Crippen molar-refractivity contribution < 1.29 is 9.18 Å². The minimum atomic E-state index is -0.264. The van der Waals surface area contributed by atoms with Crippen molar-refractivity contribution in [2.24, 2.45) is 0 Å². The fourth-order valence-electron chi connectivity index (χ4n) is 3.35. The maximum absolute atomic E-state index is 13.4. The van der Waals surface area contributed by atoms with Crippen LogP contribution in [0.25, 0.3) is 0 Å². The number of carbonyl (C=O) groups is 1. The Hall–Kier alpha value is -2.31. The number of pyridine rings is 1. The van der Waals surface area contributed by atoms with E-state index in [0.717, 1.165) is 44.0 Å². The molecular weight excluding hydrogens is 343 g/mol. The van der Waals surface area contributed by atoms with Crippen LogP contribution in [-0.2, 0) is 17.9 Å². The summed E-state index contributed by atoms with van der Waals surface area (Å²) >= 11 is 0. The van der Waals surface area contributed by atoms with Gasteiger partial charge in [0.15, 0.2) is 0 Å². The number of rotatable bonds is 7. The van der Waals surface area contributed by atoms with Gasteiger partial charge in [0.2, 0.25) is 5.91 Å². The SMILES string of the molecule is CCN(Cc1cccc(F)c1)C(=O)CN1CCN(Cc2ccccn2)CC1. The number of halogens is 1. The molecule has 1 fully saturated rings. The van der Waals surface area contributed by atoms with E-state index in [-0.39, 0.29) is 11.7 Å². The molecule has 5 nitrogen and oxygen atoms in total. The molecule has 1 saturated heterocycles. The van der Waals surface area contributed by atoms with Crippen molar-refractivity contribution in [3.63, 3.8) is 0 Å². The lowest BCUT2D eigenvalue weighted by atomic mass is 10.2. The molecule has 144 valence electrons. The summed E-state index contributed by atoms with van der Waals surface area (Å²) < 4.78 is 13.4. The highest BCUT2D eigenvalue weighted by atomic mass is 19.1. The average Bonchev–Trinajstić information content (AvgIpc) is 2.68. The first-order valence-corrected chi connectivity index (χ1v) is 9.51. The van der Waals surface area contributed by atoms with Crippen molar-refractivity contribution >= 4 is 5.91 Å². The summed E-state index contributed by atoms with van der Waals surface area (Å²) in [7, 11) is 0. The van der Waals surface area contributed by atoms with Gasteiger partial charge in [0, 0.05) is 52.0 Å². The summed E-state index contributed by atoms with van der Waals surface area (Å²) in [6.07, 6.45) is 1.82. The van der Waals surface area contributed by atoms with E-state index in [1.807, 2.05) is 37.4 Å². The van der Waals surface area contributed by atoms with Crippen LogP contribution in [0.1, 0.15) is 18.2 Å². The van der Waals surface area contributed by atoms with E-state index in [4.69, 9.17) is 0 Å². The highest BCUT2D eigenvalue weighted by molar-refractivity contribution is 5.78. The van der Waals surface area contributed by atoms with Crippen molar-refractivity contribution in [3.05, 3.63) is 65.7 Å². The predicted octanol–water partition coefficient (Wildman–Crippen LogP) is 2.39. The third-order valence-corrected chi connectivity index (χ3v) is 4.93. The molecule has 0 bridgehead atoms. The number of carbonyl (C=O) groups excluding carboxylic acids is 1. The summed E-state index contributed by atoms with van der Waals surface area (Å²) in [6.45, 7) is 7.90. The lowest BCUT2D eigenvalue weighted by Crippen LogP contribution is -2.49. The third-order valence-electron chi connectivity index (χ3n) is 4.93. The molecule has 0 unspecified atom stereocenters. The fourth-order valence-corrected chi connectivity index (χ4v) is 3.35. The zero-order valence-corrected chi connectivity index (χ0v) is 15.9. The maximum atomic E-state index is 13.4. The molecule has 1 aromatic carbocycles. The van der Waals surface area contributed by atoms with E-state index in [1.165, 1.54) is 12.1 Å². The Kier molecular flexibility index (Phi) is 6.90. The molecule has 1 aliphatic heterocycles. The molecule has 6 heteroatoms. The Morgan fingerprint density at radius 3 is 2.56 bits per heavy atom. The van der Waals surface area contributed by atoms with Crippen molar-refractivity contribution in [2.45, 2.75) is 20.0 Å². The molecule has 3 rings (SSSR count). The second-order valence-corrected chi connectivity index (χ2v) is 6.91. The first-order valence-electron chi connectivity index (χ1n) is 9.51. The van der Waals surface area contributed by atoms with E-state index in [2.05, 4.69) is 14.8 Å². The Morgan fingerprint density at radius 1 is 1.11 bits per heavy atom. The smallest absolute Gasteiger partial charge is 0.237 e. The van der Waals surface area contributed by atoms with E-state index in [0.29, 0.717) is 19.6 Å². The van der Waals surface area contributed by atoms with Gasteiger partial charge in [0.1, 0.15) is 5.82 Å². The van der Waals surface area contributed by atoms with Gasteiger partial charge in [0.05, 0.1) is 12.2 Å². The monoisotopic (exact) mass is 370 g/mol. The number of hydrogen-bond donors (Lipinski definition) is 0. The molecule has 1 aliphatic rings. The molecule has 1 aromatic heterocycles. The number of likely N-dealkylation sites (N-methyl/N-ethyl adjacent to an activating group) is 1. The largest absolute Gasteiger partial charge is 0.338 e. The third kappa shape index (κ3) is 5.84. The Bertz CT molecular complexity index is 732. The minimum absolute atomic E-state index is 0.0972. The fraction of sp³-hybridized carbons (Fsp3) is 0.429. The number of piperazine rings is 1. The Balaban J connectivity index is 1.46. The number of nitrogens with zero attached hydrogens (tertiary/aromatic N) is 4. The topological polar surface area (TPSA) is 39.7 Å². The van der Waals surface area contributed by atoms with E-state index >= 15 is 0 Å². The lowest BCUT2D eigenvalue weighted by molar-refractivity contribution is -0.133. The Labute approximate surface area is 160 Å². The zero-order chi connectivity index (χ0) is 19.1. The van der Waals surface area contributed by atoms with Gasteiger partial charge in [-0.3, -0.25) is 19.6 Å². The first kappa shape index (κ1) is 19.5. The van der Waals surface area contributed by atoms with E-state index in [1.54, 1.807) is 11.0 Å². The van der Waals surface area contributed by atoms with Gasteiger partial charge in [-0.2, -0.15) is 0 Å². The number of aromatic nitrogens is 1. The van der Waals surface area contributed by atoms with E-state index in [9.17, 15) is 9.18 Å². The summed E-state index contributed by atoms with van der Waals surface area (Å²) in [5, 5.41) is 0. The van der Waals surface area contributed by atoms with E-state index < -0.39 is 0 Å². The van der Waals surface area contributed by atoms with Gasteiger partial charge in [-0.1, -0.05) is 18.2 Å². The van der Waals surface area contributed by atoms with Gasteiger partial charge in [-0.25, -0.2) is 4.39 Å². The average molecular weight is 370 g/mol. The molecule has 0 atom stereocenters. The molecule has 2 heterocycles. The van der Waals surface area contributed by atoms with Crippen LogP contribution in [0.4, 0.5) is 4.39 Å². The second kappa shape index (κ2) is 9.58. The van der Waals surface area contributed by atoms with Gasteiger partial charge in [-0.15, -0.1) is 0 Å². The molecule has 0 saturated carbocycles. The normalized spacial score (nSPS) is 15.6. The standard InChI is InChI=1S/C21H27FN4O/c1-2-26(15-18-6-5-7-19(22)14-18)21(27)17-25-12-10-24(11-13-25)16-20-8-3-4-9-23-20/h3-9,14H,2,10-13,15-17H2,1H3. The van der Waals surface area contributed by atoms with Crippen LogP contribution in [0, 0.1) is 5.82 Å². The number of amides is 1. The van der Waals surface area contributed by atoms with Crippen LogP contribution < -0.4 is 0 Å². The van der Waals surface area contributed by atoms with Crippen LogP contribution in [0.2, 0.25) is 0 Å². The molecule has 0 radical (unpaired) electrons. The molecular formula is C21H27FN4O. The minimum Gasteiger partial charge on any atom is -0.338 e. The lowest BCUT2D eigenvalue weighted by Gasteiger charge is -2.35. The molecule has 27 heavy (non-hydrogen) atoms. The van der Waals surface area contributed by atoms with Crippen LogP contribution in [0.3, 0.4) is 0 Å². The van der Waals surface area contributed by atoms with Gasteiger partial charge < -0.3 is 4.90 Å². The van der Waals surface area contributed by atoms with Crippen molar-refractivity contribution in [1.82, 2.24) is 19.7 Å². The van der Waals surface area contributed by atoms with Crippen LogP contribution in [0.15, 0.2) is 48.7 Å². The van der Waals surface area contributed by atoms with Gasteiger partial charge >= 0.3 is 0 Å². The van der Waals surface area contributed by atoms with Gasteiger partial charge in [-0.05, 0) is 36.8 Å². The van der Waals surface area contributed by atoms with Crippen LogP contribution in [0.5, 0.6) is 0 Å². The second-order valence-electron chi connectivity index (χ2n) is 6.91. The summed E-state index contributed by atoms with van der Waals surface area (Å²) in [4.78, 5) is 23.4. The number of hydrogen-bond acceptors (Lipinski definition) is 4. The summed E-state index contributed by atoms with van der Waals surface area (Å²) in [6, 6.07) is 12.4. The zero-order valence-electron chi connectivity index (χ0n) is 15.9. The Morgan fingerprint density at radius 2 is 1.89 bits per heavy atom. The van der Waals surface area contributed by atoms with Crippen LogP contribution >= 0.6 is 0 Å². The molecule has 0 aliphatic carbocycles. The molecule has 1 amide bonds. The highest BCUT2D eigenvalue weighted by Crippen LogP contribution is 2.10. The van der Waals surface area contributed by atoms with Crippen molar-refractivity contribution in [3.8, 4) is 0 Å². The predicted molar refractivity (Wildman–Crippen MR) is 103 cm³/mol. The number of benzene rings is 1. The molecule has 2 aromatic rings. The quantitative estimate of drug-likeness (QED) is 0.750. The molecule has 0 spiro atoms. The molecule has 0 N–H and O–H groups in total. The van der Waals surface area contributed by atoms with Crippen LogP contribution in [-0.4, -0.2) is 64.9 Å². The summed E-state index contributed by atoms with van der Waals surface area (Å²) in [5.74, 6) is -0.167. The van der Waals surface area contributed by atoms with Gasteiger partial charge in [0.25, 0.3) is 0 Å². The highest BCUT2D eigenvalue weighted by Gasteiger charge is 2.21. The van der Waals surface area contributed by atoms with Crippen molar-refractivity contribution in [1.29, 1.82) is 0 Å². The maximum Gasteiger partial charge on any atom is 0.237 e. The first-order chi connectivity index (χ1) is 13.1.